The zero-order valence-corrected chi connectivity index (χ0v) is 12.5. The number of carbonyl (C=O) groups excluding carboxylic acids is 2. The van der Waals surface area contributed by atoms with Crippen molar-refractivity contribution >= 4 is 17.6 Å². The van der Waals surface area contributed by atoms with E-state index >= 15 is 0 Å². The van der Waals surface area contributed by atoms with Crippen LogP contribution in [0.25, 0.3) is 0 Å². The number of amides is 2. The number of aryl methyl sites for hydroxylation is 2. The zero-order chi connectivity index (χ0) is 15.8. The van der Waals surface area contributed by atoms with Gasteiger partial charge in [-0.25, -0.2) is 4.98 Å². The van der Waals surface area contributed by atoms with Gasteiger partial charge in [-0.2, -0.15) is 0 Å². The normalized spacial score (nSPS) is 10.0. The Morgan fingerprint density at radius 1 is 1.00 bits per heavy atom. The Hall–Kier alpha value is -2.69. The van der Waals surface area contributed by atoms with Crippen LogP contribution in [0.15, 0.2) is 48.5 Å². The maximum absolute atomic E-state index is 11.7. The van der Waals surface area contributed by atoms with Crippen LogP contribution in [0.5, 0.6) is 0 Å². The van der Waals surface area contributed by atoms with Crippen molar-refractivity contribution in [1.82, 2.24) is 10.3 Å². The fraction of sp³-hybridized carbons (Fsp3) is 0.235. The Bertz CT molecular complexity index is 641. The number of hydrogen-bond acceptors (Lipinski definition) is 3. The molecule has 1 heterocycles. The second kappa shape index (κ2) is 7.93. The predicted molar refractivity (Wildman–Crippen MR) is 85.4 cm³/mol. The third-order valence-electron chi connectivity index (χ3n) is 3.11. The minimum atomic E-state index is -0.696. The molecule has 0 radical (unpaired) electrons. The van der Waals surface area contributed by atoms with Gasteiger partial charge in [0.25, 0.3) is 0 Å². The number of aromatic nitrogens is 1. The summed E-state index contributed by atoms with van der Waals surface area (Å²) in [6.07, 6.45) is 1.65. The summed E-state index contributed by atoms with van der Waals surface area (Å²) in [5.41, 5.74) is 1.99. The Balaban J connectivity index is 1.71. The van der Waals surface area contributed by atoms with Crippen LogP contribution in [0.1, 0.15) is 17.7 Å². The average molecular weight is 297 g/mol. The van der Waals surface area contributed by atoms with Crippen LogP contribution in [0.3, 0.4) is 0 Å². The van der Waals surface area contributed by atoms with Crippen molar-refractivity contribution in [3.05, 3.63) is 59.8 Å². The lowest BCUT2D eigenvalue weighted by molar-refractivity contribution is -0.136. The summed E-state index contributed by atoms with van der Waals surface area (Å²) in [4.78, 5) is 27.5. The maximum atomic E-state index is 11.7. The number of nitrogens with zero attached hydrogens (tertiary/aromatic N) is 1. The van der Waals surface area contributed by atoms with Crippen molar-refractivity contribution in [1.29, 1.82) is 0 Å². The first-order valence-electron chi connectivity index (χ1n) is 7.22. The van der Waals surface area contributed by atoms with Gasteiger partial charge < -0.3 is 10.6 Å². The Labute approximate surface area is 129 Å². The van der Waals surface area contributed by atoms with E-state index in [1.165, 1.54) is 5.56 Å². The van der Waals surface area contributed by atoms with Gasteiger partial charge in [0.05, 0.1) is 0 Å². The molecule has 1 aromatic carbocycles. The molecule has 5 nitrogen and oxygen atoms in total. The largest absolute Gasteiger partial charge is 0.348 e. The molecule has 0 fully saturated rings. The van der Waals surface area contributed by atoms with E-state index in [2.05, 4.69) is 15.6 Å². The van der Waals surface area contributed by atoms with Gasteiger partial charge in [0.2, 0.25) is 0 Å². The van der Waals surface area contributed by atoms with Gasteiger partial charge in [0, 0.05) is 12.2 Å². The summed E-state index contributed by atoms with van der Waals surface area (Å²) in [6.45, 7) is 2.28. The van der Waals surface area contributed by atoms with Crippen molar-refractivity contribution in [2.45, 2.75) is 19.8 Å². The van der Waals surface area contributed by atoms with Gasteiger partial charge in [-0.15, -0.1) is 0 Å². The van der Waals surface area contributed by atoms with Gasteiger partial charge in [0.1, 0.15) is 5.82 Å². The molecule has 2 rings (SSSR count). The molecule has 0 unspecified atom stereocenters. The molecule has 2 aromatic rings. The zero-order valence-electron chi connectivity index (χ0n) is 12.5. The molecular formula is C17H19N3O2. The lowest BCUT2D eigenvalue weighted by Gasteiger charge is -2.06. The lowest BCUT2D eigenvalue weighted by Crippen LogP contribution is -2.36. The van der Waals surface area contributed by atoms with E-state index < -0.39 is 11.8 Å². The third-order valence-corrected chi connectivity index (χ3v) is 3.11. The predicted octanol–water partition coefficient (Wildman–Crippen LogP) is 2.08. The maximum Gasteiger partial charge on any atom is 0.314 e. The van der Waals surface area contributed by atoms with Crippen LogP contribution >= 0.6 is 0 Å². The first-order valence-corrected chi connectivity index (χ1v) is 7.22. The van der Waals surface area contributed by atoms with Crippen LogP contribution in [0, 0.1) is 6.92 Å². The number of hydrogen-bond donors (Lipinski definition) is 2. The van der Waals surface area contributed by atoms with E-state index in [0.29, 0.717) is 12.4 Å². The van der Waals surface area contributed by atoms with Crippen molar-refractivity contribution in [2.24, 2.45) is 0 Å². The molecule has 2 amide bonds. The summed E-state index contributed by atoms with van der Waals surface area (Å²) < 4.78 is 0. The Kier molecular flexibility index (Phi) is 5.65. The number of benzene rings is 1. The van der Waals surface area contributed by atoms with E-state index in [4.69, 9.17) is 0 Å². The van der Waals surface area contributed by atoms with Gasteiger partial charge in [-0.1, -0.05) is 36.4 Å². The average Bonchev–Trinajstić information content (AvgIpc) is 2.52. The molecule has 0 saturated heterocycles. The highest BCUT2D eigenvalue weighted by atomic mass is 16.2. The smallest absolute Gasteiger partial charge is 0.314 e. The van der Waals surface area contributed by atoms with Crippen molar-refractivity contribution in [3.63, 3.8) is 0 Å². The molecule has 2 N–H and O–H groups in total. The molecule has 0 aliphatic heterocycles. The second-order valence-corrected chi connectivity index (χ2v) is 4.96. The van der Waals surface area contributed by atoms with Crippen LogP contribution < -0.4 is 10.6 Å². The first-order chi connectivity index (χ1) is 10.6. The number of nitrogens with one attached hydrogen (secondary N) is 2. The summed E-state index contributed by atoms with van der Waals surface area (Å²) in [6, 6.07) is 15.2. The summed E-state index contributed by atoms with van der Waals surface area (Å²) in [5.74, 6) is -0.960. The van der Waals surface area contributed by atoms with E-state index in [-0.39, 0.29) is 0 Å². The fourth-order valence-electron chi connectivity index (χ4n) is 2.01. The highest BCUT2D eigenvalue weighted by molar-refractivity contribution is 6.39. The minimum absolute atomic E-state index is 0.379. The fourth-order valence-corrected chi connectivity index (χ4v) is 2.01. The molecule has 0 atom stereocenters. The van der Waals surface area contributed by atoms with Crippen molar-refractivity contribution < 1.29 is 9.59 Å². The second-order valence-electron chi connectivity index (χ2n) is 4.96. The van der Waals surface area contributed by atoms with Crippen LogP contribution in [-0.2, 0) is 16.0 Å². The molecule has 0 aliphatic carbocycles. The standard InChI is InChI=1S/C17H19N3O2/c1-13-7-5-11-15(19-13)20-17(22)16(21)18-12-6-10-14-8-3-2-4-9-14/h2-5,7-9,11H,6,10,12H2,1H3,(H,18,21)(H,19,20,22). The van der Waals surface area contributed by atoms with E-state index in [1.54, 1.807) is 12.1 Å². The Morgan fingerprint density at radius 2 is 1.77 bits per heavy atom. The molecule has 0 spiro atoms. The minimum Gasteiger partial charge on any atom is -0.348 e. The Morgan fingerprint density at radius 3 is 2.50 bits per heavy atom. The van der Waals surface area contributed by atoms with Crippen LogP contribution in [0.2, 0.25) is 0 Å². The lowest BCUT2D eigenvalue weighted by atomic mass is 10.1. The first kappa shape index (κ1) is 15.7. The summed E-state index contributed by atoms with van der Waals surface area (Å²) in [5, 5.41) is 5.09. The molecule has 0 bridgehead atoms. The van der Waals surface area contributed by atoms with Crippen LogP contribution in [-0.4, -0.2) is 23.3 Å². The van der Waals surface area contributed by atoms with Gasteiger partial charge >= 0.3 is 11.8 Å². The number of carbonyl (C=O) groups is 2. The molecule has 0 aliphatic rings. The summed E-state index contributed by atoms with van der Waals surface area (Å²) >= 11 is 0. The molecule has 114 valence electrons. The number of pyridine rings is 1. The van der Waals surface area contributed by atoms with Crippen LogP contribution in [0.4, 0.5) is 5.82 Å². The van der Waals surface area contributed by atoms with Crippen molar-refractivity contribution in [3.8, 4) is 0 Å². The number of anilines is 1. The van der Waals surface area contributed by atoms with Gasteiger partial charge in [-0.05, 0) is 37.5 Å². The van der Waals surface area contributed by atoms with Crippen molar-refractivity contribution in [2.75, 3.05) is 11.9 Å². The molecule has 5 heteroatoms. The topological polar surface area (TPSA) is 71.1 Å². The highest BCUT2D eigenvalue weighted by Gasteiger charge is 2.13. The monoisotopic (exact) mass is 297 g/mol. The molecular weight excluding hydrogens is 278 g/mol. The number of rotatable bonds is 5. The molecule has 1 aromatic heterocycles. The van der Waals surface area contributed by atoms with Gasteiger partial charge in [-0.3, -0.25) is 9.59 Å². The van der Waals surface area contributed by atoms with Gasteiger partial charge in [0.15, 0.2) is 0 Å². The van der Waals surface area contributed by atoms with E-state index in [1.807, 2.05) is 43.3 Å². The quantitative estimate of drug-likeness (QED) is 0.655. The third kappa shape index (κ3) is 5.01. The van der Waals surface area contributed by atoms with E-state index in [9.17, 15) is 9.59 Å². The van der Waals surface area contributed by atoms with E-state index in [0.717, 1.165) is 18.5 Å². The summed E-state index contributed by atoms with van der Waals surface area (Å²) in [7, 11) is 0. The SMILES string of the molecule is Cc1cccc(NC(=O)C(=O)NCCCc2ccccc2)n1. The molecule has 22 heavy (non-hydrogen) atoms. The highest BCUT2D eigenvalue weighted by Crippen LogP contribution is 2.03. The molecule has 0 saturated carbocycles.